The summed E-state index contributed by atoms with van der Waals surface area (Å²) in [5, 5.41) is 2.67. The topological polar surface area (TPSA) is 64.6 Å². The van der Waals surface area contributed by atoms with Crippen LogP contribution in [-0.4, -0.2) is 24.2 Å². The smallest absolute Gasteiger partial charge is 0.338 e. The number of carbonyl (C=O) groups excluding carboxylic acids is 2. The fourth-order valence-electron chi connectivity index (χ4n) is 2.38. The molecule has 1 amide bonds. The van der Waals surface area contributed by atoms with Crippen molar-refractivity contribution in [1.29, 1.82) is 0 Å². The Labute approximate surface area is 144 Å². The minimum atomic E-state index is -0.443. The lowest BCUT2D eigenvalue weighted by molar-refractivity contribution is -0.115. The number of benzene rings is 2. The maximum atomic E-state index is 12.3. The largest absolute Gasteiger partial charge is 0.496 e. The first-order valence-corrected chi connectivity index (χ1v) is 8.37. The lowest BCUT2D eigenvalue weighted by Gasteiger charge is -2.21. The second-order valence-corrected chi connectivity index (χ2v) is 6.73. The van der Waals surface area contributed by atoms with Crippen LogP contribution in [0.15, 0.2) is 47.4 Å². The van der Waals surface area contributed by atoms with Crippen LogP contribution >= 0.6 is 11.8 Å². The van der Waals surface area contributed by atoms with Gasteiger partial charge in [-0.15, -0.1) is 11.8 Å². The molecule has 24 heavy (non-hydrogen) atoms. The molecule has 1 aliphatic rings. The summed E-state index contributed by atoms with van der Waals surface area (Å²) in [7, 11) is 1.57. The summed E-state index contributed by atoms with van der Waals surface area (Å²) < 4.78 is 10.6. The Kier molecular flexibility index (Phi) is 4.76. The zero-order valence-corrected chi connectivity index (χ0v) is 14.2. The van der Waals surface area contributed by atoms with Crippen LogP contribution in [-0.2, 0) is 16.1 Å². The van der Waals surface area contributed by atoms with Gasteiger partial charge in [-0.1, -0.05) is 18.2 Å². The molecule has 0 aromatic heterocycles. The average molecular weight is 343 g/mol. The van der Waals surface area contributed by atoms with Crippen LogP contribution < -0.4 is 10.1 Å². The maximum Gasteiger partial charge on any atom is 0.338 e. The number of rotatable bonds is 4. The van der Waals surface area contributed by atoms with E-state index in [1.165, 1.54) is 11.8 Å². The lowest BCUT2D eigenvalue weighted by Crippen LogP contribution is -2.26. The number of hydrogen-bond donors (Lipinski definition) is 1. The summed E-state index contributed by atoms with van der Waals surface area (Å²) in [6, 6.07) is 12.6. The van der Waals surface area contributed by atoms with Crippen LogP contribution in [0.4, 0.5) is 5.69 Å². The van der Waals surface area contributed by atoms with E-state index in [1.54, 1.807) is 19.2 Å². The number of methoxy groups -OCH3 is 1. The van der Waals surface area contributed by atoms with Gasteiger partial charge in [0.2, 0.25) is 5.91 Å². The van der Waals surface area contributed by atoms with E-state index in [9.17, 15) is 9.59 Å². The van der Waals surface area contributed by atoms with E-state index in [2.05, 4.69) is 5.32 Å². The van der Waals surface area contributed by atoms with Gasteiger partial charge in [-0.3, -0.25) is 4.79 Å². The van der Waals surface area contributed by atoms with E-state index in [0.717, 1.165) is 10.5 Å². The molecule has 2 aromatic rings. The number of esters is 1. The molecule has 1 N–H and O–H groups in total. The normalized spacial score (nSPS) is 16.1. The Morgan fingerprint density at radius 2 is 2.04 bits per heavy atom. The summed E-state index contributed by atoms with van der Waals surface area (Å²) in [5.41, 5.74) is 1.85. The van der Waals surface area contributed by atoms with Crippen molar-refractivity contribution in [1.82, 2.24) is 0 Å². The van der Waals surface area contributed by atoms with Crippen LogP contribution in [0, 0.1) is 0 Å². The van der Waals surface area contributed by atoms with Crippen molar-refractivity contribution in [3.05, 3.63) is 53.6 Å². The second-order valence-electron chi connectivity index (χ2n) is 5.35. The number of nitrogens with one attached hydrogen (secondary N) is 1. The highest BCUT2D eigenvalue weighted by Gasteiger charge is 2.24. The molecule has 1 atom stereocenters. The SMILES string of the molecule is COc1ccccc1COC(=O)c1ccc2c(c1)NC(=O)[C@H](C)S2. The molecule has 0 saturated carbocycles. The van der Waals surface area contributed by atoms with E-state index in [-0.39, 0.29) is 17.8 Å². The molecule has 2 aromatic carbocycles. The van der Waals surface area contributed by atoms with Crippen molar-refractivity contribution in [2.45, 2.75) is 23.7 Å². The van der Waals surface area contributed by atoms with Crippen LogP contribution in [0.2, 0.25) is 0 Å². The summed E-state index contributed by atoms with van der Waals surface area (Å²) in [6.07, 6.45) is 0. The summed E-state index contributed by atoms with van der Waals surface area (Å²) in [4.78, 5) is 25.0. The van der Waals surface area contributed by atoms with Crippen molar-refractivity contribution in [3.8, 4) is 5.75 Å². The molecule has 0 bridgehead atoms. The van der Waals surface area contributed by atoms with Gasteiger partial charge in [0, 0.05) is 10.5 Å². The first kappa shape index (κ1) is 16.4. The van der Waals surface area contributed by atoms with Crippen molar-refractivity contribution in [3.63, 3.8) is 0 Å². The standard InChI is InChI=1S/C18H17NO4S/c1-11-17(20)19-14-9-12(7-8-16(14)24-11)18(21)23-10-13-5-3-4-6-15(13)22-2/h3-9,11H,10H2,1-2H3,(H,19,20)/t11-/m0/s1. The van der Waals surface area contributed by atoms with Crippen LogP contribution in [0.25, 0.3) is 0 Å². The molecule has 124 valence electrons. The molecular weight excluding hydrogens is 326 g/mol. The van der Waals surface area contributed by atoms with Gasteiger partial charge in [0.1, 0.15) is 12.4 Å². The number of carbonyl (C=O) groups is 2. The highest BCUT2D eigenvalue weighted by Crippen LogP contribution is 2.36. The molecule has 6 heteroatoms. The predicted octanol–water partition coefficient (Wildman–Crippen LogP) is 3.48. The van der Waals surface area contributed by atoms with E-state index in [1.807, 2.05) is 37.3 Å². The zero-order valence-electron chi connectivity index (χ0n) is 13.4. The van der Waals surface area contributed by atoms with E-state index >= 15 is 0 Å². The van der Waals surface area contributed by atoms with Crippen LogP contribution in [0.1, 0.15) is 22.8 Å². The minimum absolute atomic E-state index is 0.0629. The first-order valence-electron chi connectivity index (χ1n) is 7.49. The molecule has 5 nitrogen and oxygen atoms in total. The van der Waals surface area contributed by atoms with E-state index in [0.29, 0.717) is 17.0 Å². The molecule has 1 heterocycles. The highest BCUT2D eigenvalue weighted by molar-refractivity contribution is 8.00. The number of para-hydroxylation sites is 1. The van der Waals surface area contributed by atoms with Crippen molar-refractivity contribution < 1.29 is 19.1 Å². The first-order chi connectivity index (χ1) is 11.6. The number of fused-ring (bicyclic) bond motifs is 1. The predicted molar refractivity (Wildman–Crippen MR) is 92.5 cm³/mol. The molecule has 0 aliphatic carbocycles. The third-order valence-corrected chi connectivity index (χ3v) is 4.87. The number of anilines is 1. The number of ether oxygens (including phenoxy) is 2. The molecule has 0 radical (unpaired) electrons. The molecular formula is C18H17NO4S. The van der Waals surface area contributed by atoms with Gasteiger partial charge in [0.15, 0.2) is 0 Å². The zero-order chi connectivity index (χ0) is 17.1. The molecule has 3 rings (SSSR count). The van der Waals surface area contributed by atoms with Crippen molar-refractivity contribution >= 4 is 29.3 Å². The Morgan fingerprint density at radius 1 is 1.25 bits per heavy atom. The Bertz CT molecular complexity index is 790. The quantitative estimate of drug-likeness (QED) is 0.861. The van der Waals surface area contributed by atoms with Gasteiger partial charge in [0.05, 0.1) is 23.6 Å². The average Bonchev–Trinajstić information content (AvgIpc) is 2.60. The Morgan fingerprint density at radius 3 is 2.83 bits per heavy atom. The highest BCUT2D eigenvalue weighted by atomic mass is 32.2. The van der Waals surface area contributed by atoms with Gasteiger partial charge >= 0.3 is 5.97 Å². The van der Waals surface area contributed by atoms with Crippen LogP contribution in [0.5, 0.6) is 5.75 Å². The molecule has 0 unspecified atom stereocenters. The summed E-state index contributed by atoms with van der Waals surface area (Å²) in [5.74, 6) is 0.169. The Hall–Kier alpha value is -2.47. The molecule has 0 spiro atoms. The molecule has 0 saturated heterocycles. The van der Waals surface area contributed by atoms with Gasteiger partial charge in [-0.25, -0.2) is 4.79 Å². The third kappa shape index (κ3) is 3.38. The number of amides is 1. The van der Waals surface area contributed by atoms with E-state index < -0.39 is 5.97 Å². The second kappa shape index (κ2) is 6.97. The van der Waals surface area contributed by atoms with Crippen molar-refractivity contribution in [2.75, 3.05) is 12.4 Å². The van der Waals surface area contributed by atoms with E-state index in [4.69, 9.17) is 9.47 Å². The fraction of sp³-hybridized carbons (Fsp3) is 0.222. The van der Waals surface area contributed by atoms with Gasteiger partial charge in [-0.2, -0.15) is 0 Å². The maximum absolute atomic E-state index is 12.3. The summed E-state index contributed by atoms with van der Waals surface area (Å²) >= 11 is 1.47. The molecule has 1 aliphatic heterocycles. The number of hydrogen-bond acceptors (Lipinski definition) is 5. The third-order valence-electron chi connectivity index (χ3n) is 3.70. The summed E-state index contributed by atoms with van der Waals surface area (Å²) in [6.45, 7) is 1.97. The van der Waals surface area contributed by atoms with Gasteiger partial charge in [0.25, 0.3) is 0 Å². The lowest BCUT2D eigenvalue weighted by atomic mass is 10.2. The number of thioether (sulfide) groups is 1. The fourth-order valence-corrected chi connectivity index (χ4v) is 3.31. The minimum Gasteiger partial charge on any atom is -0.496 e. The van der Waals surface area contributed by atoms with Crippen LogP contribution in [0.3, 0.4) is 0 Å². The monoisotopic (exact) mass is 343 g/mol. The van der Waals surface area contributed by atoms with Gasteiger partial charge < -0.3 is 14.8 Å². The molecule has 0 fully saturated rings. The van der Waals surface area contributed by atoms with Crippen molar-refractivity contribution in [2.24, 2.45) is 0 Å². The van der Waals surface area contributed by atoms with Gasteiger partial charge in [-0.05, 0) is 31.2 Å². The Balaban J connectivity index is 1.72.